The zero-order chi connectivity index (χ0) is 13.6. The van der Waals surface area contributed by atoms with Crippen molar-refractivity contribution < 1.29 is 9.90 Å². The summed E-state index contributed by atoms with van der Waals surface area (Å²) in [5.74, 6) is -0.0949. The summed E-state index contributed by atoms with van der Waals surface area (Å²) in [4.78, 5) is 19.0. The number of amides is 1. The lowest BCUT2D eigenvalue weighted by Gasteiger charge is -2.26. The van der Waals surface area contributed by atoms with Crippen LogP contribution in [0.25, 0.3) is 0 Å². The maximum Gasteiger partial charge on any atom is 0.226 e. The minimum Gasteiger partial charge on any atom is -0.394 e. The number of aromatic nitrogens is 2. The molecule has 0 aliphatic rings. The first-order chi connectivity index (χ1) is 8.49. The lowest BCUT2D eigenvalue weighted by Crippen LogP contribution is -2.46. The van der Waals surface area contributed by atoms with Crippen molar-refractivity contribution in [1.29, 1.82) is 0 Å². The third-order valence-corrected chi connectivity index (χ3v) is 2.95. The fourth-order valence-corrected chi connectivity index (χ4v) is 1.67. The number of carbonyl (C=O) groups is 1. The van der Waals surface area contributed by atoms with Crippen LogP contribution in [0.1, 0.15) is 26.0 Å². The summed E-state index contributed by atoms with van der Waals surface area (Å²) in [7, 11) is 0. The van der Waals surface area contributed by atoms with E-state index in [2.05, 4.69) is 15.3 Å². The number of carbonyl (C=O) groups excluding carboxylic acids is 1. The number of nitrogens with two attached hydrogens (primary N) is 1. The Kier molecular flexibility index (Phi) is 5.30. The number of aliphatic hydroxyl groups excluding tert-OH is 1. The zero-order valence-corrected chi connectivity index (χ0v) is 10.9. The van der Waals surface area contributed by atoms with Crippen LogP contribution in [0.15, 0.2) is 12.5 Å². The Bertz CT molecular complexity index is 362. The first-order valence-corrected chi connectivity index (χ1v) is 6.09. The molecule has 1 aromatic rings. The van der Waals surface area contributed by atoms with Crippen LogP contribution in [-0.2, 0) is 11.2 Å². The maximum absolute atomic E-state index is 12.0. The molecular weight excluding hydrogens is 232 g/mol. The van der Waals surface area contributed by atoms with Gasteiger partial charge in [-0.2, -0.15) is 0 Å². The average molecular weight is 254 g/mol. The Balaban J connectivity index is 2.55. The molecule has 0 bridgehead atoms. The van der Waals surface area contributed by atoms with E-state index in [-0.39, 0.29) is 18.6 Å². The highest BCUT2D eigenvalue weighted by molar-refractivity contribution is 5.82. The van der Waals surface area contributed by atoms with Crippen LogP contribution in [0.3, 0.4) is 0 Å². The molecule has 0 aliphatic carbocycles. The second kappa shape index (κ2) is 6.51. The molecule has 102 valence electrons. The van der Waals surface area contributed by atoms with E-state index in [1.807, 2.05) is 13.8 Å². The molecule has 5 N–H and O–H groups in total. The Morgan fingerprint density at radius 3 is 2.89 bits per heavy atom. The van der Waals surface area contributed by atoms with Gasteiger partial charge in [-0.15, -0.1) is 0 Å². The van der Waals surface area contributed by atoms with Crippen molar-refractivity contribution >= 4 is 5.91 Å². The lowest BCUT2D eigenvalue weighted by atomic mass is 9.88. The fraction of sp³-hybridized carbons (Fsp3) is 0.667. The molecule has 0 spiro atoms. The van der Waals surface area contributed by atoms with Crippen LogP contribution < -0.4 is 11.1 Å². The maximum atomic E-state index is 12.0. The van der Waals surface area contributed by atoms with Gasteiger partial charge in [0.1, 0.15) is 0 Å². The third-order valence-electron chi connectivity index (χ3n) is 2.95. The van der Waals surface area contributed by atoms with Crippen molar-refractivity contribution in [2.24, 2.45) is 11.1 Å². The molecule has 0 unspecified atom stereocenters. The van der Waals surface area contributed by atoms with Gasteiger partial charge in [-0.05, 0) is 13.0 Å². The van der Waals surface area contributed by atoms with E-state index in [0.29, 0.717) is 19.4 Å². The molecule has 1 amide bonds. The third kappa shape index (κ3) is 4.12. The van der Waals surface area contributed by atoms with Gasteiger partial charge >= 0.3 is 0 Å². The van der Waals surface area contributed by atoms with Crippen LogP contribution >= 0.6 is 0 Å². The van der Waals surface area contributed by atoms with Gasteiger partial charge in [-0.3, -0.25) is 4.79 Å². The van der Waals surface area contributed by atoms with Crippen LogP contribution in [-0.4, -0.2) is 40.2 Å². The fourth-order valence-electron chi connectivity index (χ4n) is 1.67. The van der Waals surface area contributed by atoms with Gasteiger partial charge in [0, 0.05) is 18.0 Å². The van der Waals surface area contributed by atoms with Gasteiger partial charge < -0.3 is 21.1 Å². The van der Waals surface area contributed by atoms with Gasteiger partial charge in [0.05, 0.1) is 24.7 Å². The smallest absolute Gasteiger partial charge is 0.226 e. The molecule has 0 radical (unpaired) electrons. The number of rotatable bonds is 7. The average Bonchev–Trinajstić information content (AvgIpc) is 2.80. The van der Waals surface area contributed by atoms with Crippen LogP contribution in [0.4, 0.5) is 0 Å². The van der Waals surface area contributed by atoms with Crippen molar-refractivity contribution in [2.45, 2.75) is 32.7 Å². The van der Waals surface area contributed by atoms with Crippen molar-refractivity contribution in [1.82, 2.24) is 15.3 Å². The van der Waals surface area contributed by atoms with Gasteiger partial charge in [0.2, 0.25) is 5.91 Å². The van der Waals surface area contributed by atoms with E-state index in [4.69, 9.17) is 5.73 Å². The van der Waals surface area contributed by atoms with Gasteiger partial charge in [0.25, 0.3) is 0 Å². The van der Waals surface area contributed by atoms with Crippen molar-refractivity contribution in [2.75, 3.05) is 13.2 Å². The van der Waals surface area contributed by atoms with E-state index in [1.165, 1.54) is 0 Å². The quantitative estimate of drug-likeness (QED) is 0.541. The minimum atomic E-state index is -0.520. The monoisotopic (exact) mass is 254 g/mol. The number of aliphatic hydroxyl groups is 1. The molecule has 1 atom stereocenters. The van der Waals surface area contributed by atoms with Crippen LogP contribution in [0, 0.1) is 5.41 Å². The highest BCUT2D eigenvalue weighted by Gasteiger charge is 2.28. The summed E-state index contributed by atoms with van der Waals surface area (Å²) in [5.41, 5.74) is 5.77. The standard InChI is InChI=1S/C12H22N4O2/c1-12(2,3-4-13)11(18)16-10(7-17)5-9-6-14-8-15-9/h6,8,10,17H,3-5,7,13H2,1-2H3,(H,14,15)(H,16,18)/t10-/m0/s1. The molecule has 0 saturated heterocycles. The highest BCUT2D eigenvalue weighted by Crippen LogP contribution is 2.19. The summed E-state index contributed by atoms with van der Waals surface area (Å²) < 4.78 is 0. The summed E-state index contributed by atoms with van der Waals surface area (Å²) >= 11 is 0. The number of H-pyrrole nitrogens is 1. The summed E-state index contributed by atoms with van der Waals surface area (Å²) in [6, 6.07) is -0.321. The zero-order valence-electron chi connectivity index (χ0n) is 10.9. The lowest BCUT2D eigenvalue weighted by molar-refractivity contribution is -0.130. The minimum absolute atomic E-state index is 0.0949. The molecule has 1 rings (SSSR count). The van der Waals surface area contributed by atoms with Crippen molar-refractivity contribution in [3.8, 4) is 0 Å². The van der Waals surface area contributed by atoms with Crippen LogP contribution in [0.2, 0.25) is 0 Å². The number of hydrogen-bond acceptors (Lipinski definition) is 4. The molecule has 0 aliphatic heterocycles. The molecule has 1 aromatic heterocycles. The predicted octanol–water partition coefficient (Wildman–Crippen LogP) is -0.196. The second-order valence-corrected chi connectivity index (χ2v) is 5.04. The molecule has 0 saturated carbocycles. The first kappa shape index (κ1) is 14.7. The normalized spacial score (nSPS) is 13.3. The Morgan fingerprint density at radius 2 is 2.39 bits per heavy atom. The van der Waals surface area contributed by atoms with Crippen LogP contribution in [0.5, 0.6) is 0 Å². The van der Waals surface area contributed by atoms with Gasteiger partial charge in [0.15, 0.2) is 0 Å². The molecule has 6 nitrogen and oxygen atoms in total. The second-order valence-electron chi connectivity index (χ2n) is 5.04. The van der Waals surface area contributed by atoms with Gasteiger partial charge in [-0.1, -0.05) is 13.8 Å². The SMILES string of the molecule is CC(C)(CCN)C(=O)N[C@H](CO)Cc1c[nH]cn1. The molecule has 18 heavy (non-hydrogen) atoms. The van der Waals surface area contributed by atoms with E-state index in [1.54, 1.807) is 12.5 Å². The topological polar surface area (TPSA) is 104 Å². The molecule has 1 heterocycles. The number of nitrogens with zero attached hydrogens (tertiary/aromatic N) is 1. The predicted molar refractivity (Wildman–Crippen MR) is 68.8 cm³/mol. The van der Waals surface area contributed by atoms with E-state index in [9.17, 15) is 9.90 Å². The number of nitrogens with one attached hydrogen (secondary N) is 2. The van der Waals surface area contributed by atoms with E-state index >= 15 is 0 Å². The largest absolute Gasteiger partial charge is 0.394 e. The first-order valence-electron chi connectivity index (χ1n) is 6.09. The Morgan fingerprint density at radius 1 is 1.67 bits per heavy atom. The summed E-state index contributed by atoms with van der Waals surface area (Å²) in [5, 5.41) is 12.1. The summed E-state index contributed by atoms with van der Waals surface area (Å²) in [6.45, 7) is 4.04. The van der Waals surface area contributed by atoms with E-state index < -0.39 is 5.41 Å². The number of imidazole rings is 1. The Hall–Kier alpha value is -1.40. The van der Waals surface area contributed by atoms with E-state index in [0.717, 1.165) is 5.69 Å². The van der Waals surface area contributed by atoms with Gasteiger partial charge in [-0.25, -0.2) is 4.98 Å². The molecule has 6 heteroatoms. The molecule has 0 fully saturated rings. The summed E-state index contributed by atoms with van der Waals surface area (Å²) in [6.07, 6.45) is 4.44. The molecule has 0 aromatic carbocycles. The highest BCUT2D eigenvalue weighted by atomic mass is 16.3. The number of aromatic amines is 1. The number of hydrogen-bond donors (Lipinski definition) is 4. The van der Waals surface area contributed by atoms with Crippen molar-refractivity contribution in [3.63, 3.8) is 0 Å². The van der Waals surface area contributed by atoms with Crippen molar-refractivity contribution in [3.05, 3.63) is 18.2 Å². The molecular formula is C12H22N4O2. The Labute approximate surface area is 107 Å².